The molecule has 8 heteroatoms. The highest BCUT2D eigenvalue weighted by Crippen LogP contribution is 2.26. The zero-order valence-electron chi connectivity index (χ0n) is 16.5. The summed E-state index contributed by atoms with van der Waals surface area (Å²) in [4.78, 5) is 15.6. The van der Waals surface area contributed by atoms with Crippen molar-refractivity contribution >= 4 is 16.8 Å². The number of carbonyl (C=O) groups is 1. The molecule has 1 aliphatic carbocycles. The Labute approximate surface area is 171 Å². The van der Waals surface area contributed by atoms with E-state index in [1.165, 1.54) is 37.9 Å². The first kappa shape index (κ1) is 21.8. The van der Waals surface area contributed by atoms with Crippen LogP contribution < -0.4 is 4.74 Å². The van der Waals surface area contributed by atoms with E-state index in [1.807, 2.05) is 0 Å². The van der Waals surface area contributed by atoms with Gasteiger partial charge < -0.3 is 4.74 Å². The second kappa shape index (κ2) is 9.28. The largest absolute Gasteiger partial charge is 0.573 e. The first-order valence-corrected chi connectivity index (χ1v) is 9.71. The number of ketones is 1. The predicted octanol–water partition coefficient (Wildman–Crippen LogP) is 6.42. The molecule has 0 aliphatic heterocycles. The minimum Gasteiger partial charge on any atom is -0.406 e. The molecular weight excluding hydrogens is 400 g/mol. The molecule has 3 aromatic rings. The maximum atomic E-state index is 12.3. The zero-order chi connectivity index (χ0) is 21.7. The van der Waals surface area contributed by atoms with Gasteiger partial charge in [0, 0.05) is 11.6 Å². The van der Waals surface area contributed by atoms with Crippen molar-refractivity contribution < 1.29 is 27.1 Å². The number of fused-ring (bicyclic) bond motifs is 1. The highest BCUT2D eigenvalue weighted by atomic mass is 19.4. The second-order valence-corrected chi connectivity index (χ2v) is 7.15. The second-order valence-electron chi connectivity index (χ2n) is 7.15. The fourth-order valence-corrected chi connectivity index (χ4v) is 3.32. The lowest BCUT2D eigenvalue weighted by Crippen LogP contribution is -2.17. The monoisotopic (exact) mass is 422 g/mol. The van der Waals surface area contributed by atoms with Gasteiger partial charge in [-0.1, -0.05) is 25.3 Å². The molecule has 0 atom stereocenters. The zero-order valence-corrected chi connectivity index (χ0v) is 16.5. The van der Waals surface area contributed by atoms with Gasteiger partial charge in [-0.2, -0.15) is 0 Å². The average molecular weight is 422 g/mol. The Morgan fingerprint density at radius 2 is 1.83 bits per heavy atom. The quantitative estimate of drug-likeness (QED) is 0.362. The summed E-state index contributed by atoms with van der Waals surface area (Å²) >= 11 is 0. The molecule has 0 bridgehead atoms. The van der Waals surface area contributed by atoms with E-state index >= 15 is 0 Å². The molecule has 0 unspecified atom stereocenters. The minimum absolute atomic E-state index is 0.0815. The first-order valence-electron chi connectivity index (χ1n) is 9.71. The number of halogens is 4. The summed E-state index contributed by atoms with van der Waals surface area (Å²) < 4.78 is 54.7. The van der Waals surface area contributed by atoms with Gasteiger partial charge in [-0.05, 0) is 50.1 Å². The summed E-state index contributed by atoms with van der Waals surface area (Å²) in [6.45, 7) is 1.45. The van der Waals surface area contributed by atoms with Gasteiger partial charge >= 0.3 is 6.36 Å². The van der Waals surface area contributed by atoms with E-state index in [-0.39, 0.29) is 11.5 Å². The van der Waals surface area contributed by atoms with Crippen molar-refractivity contribution in [2.75, 3.05) is 0 Å². The molecule has 0 radical (unpaired) electrons. The molecule has 0 saturated heterocycles. The van der Waals surface area contributed by atoms with Crippen LogP contribution in [-0.4, -0.2) is 27.9 Å². The Kier molecular flexibility index (Phi) is 6.74. The maximum absolute atomic E-state index is 12.3. The summed E-state index contributed by atoms with van der Waals surface area (Å²) in [6, 6.07) is 10.6. The van der Waals surface area contributed by atoms with Crippen molar-refractivity contribution in [1.29, 1.82) is 0 Å². The smallest absolute Gasteiger partial charge is 0.406 e. The Morgan fingerprint density at radius 1 is 1.10 bits per heavy atom. The maximum Gasteiger partial charge on any atom is 0.573 e. The van der Waals surface area contributed by atoms with E-state index in [4.69, 9.17) is 0 Å². The van der Waals surface area contributed by atoms with Crippen molar-refractivity contribution in [3.05, 3.63) is 54.4 Å². The summed E-state index contributed by atoms with van der Waals surface area (Å²) in [7, 11) is 0. The number of carbonyl (C=O) groups excluding carboxylic acids is 1. The van der Waals surface area contributed by atoms with E-state index in [0.29, 0.717) is 22.3 Å². The van der Waals surface area contributed by atoms with Crippen molar-refractivity contribution in [3.8, 4) is 11.4 Å². The van der Waals surface area contributed by atoms with Gasteiger partial charge in [-0.25, -0.2) is 9.37 Å². The van der Waals surface area contributed by atoms with Gasteiger partial charge in [0.05, 0.1) is 16.7 Å². The fraction of sp³-hybridized carbons (Fsp3) is 0.364. The number of rotatable bonds is 3. The molecule has 4 rings (SSSR count). The van der Waals surface area contributed by atoms with Crippen LogP contribution >= 0.6 is 0 Å². The highest BCUT2D eigenvalue weighted by Gasteiger charge is 2.31. The van der Waals surface area contributed by atoms with E-state index < -0.39 is 12.5 Å². The number of nitrogens with zero attached hydrogens (tertiary/aromatic N) is 2. The van der Waals surface area contributed by atoms with Crippen molar-refractivity contribution in [1.82, 2.24) is 9.55 Å². The van der Waals surface area contributed by atoms with Gasteiger partial charge in [-0.15, -0.1) is 13.2 Å². The van der Waals surface area contributed by atoms with Crippen LogP contribution in [0, 0.1) is 0 Å². The molecule has 30 heavy (non-hydrogen) atoms. The fourth-order valence-electron chi connectivity index (χ4n) is 3.32. The molecule has 1 aliphatic rings. The Hall–Kier alpha value is -2.90. The molecule has 0 amide bonds. The van der Waals surface area contributed by atoms with Crippen molar-refractivity contribution in [2.45, 2.75) is 51.6 Å². The number of benzene rings is 2. The van der Waals surface area contributed by atoms with Gasteiger partial charge in [-0.3, -0.25) is 9.36 Å². The lowest BCUT2D eigenvalue weighted by molar-refractivity contribution is -0.274. The van der Waals surface area contributed by atoms with Crippen molar-refractivity contribution in [2.24, 2.45) is 0 Å². The van der Waals surface area contributed by atoms with E-state index in [2.05, 4.69) is 9.72 Å². The van der Waals surface area contributed by atoms with Gasteiger partial charge in [0.15, 0.2) is 5.78 Å². The Bertz CT molecular complexity index is 1010. The molecule has 0 spiro atoms. The molecule has 1 heterocycles. The van der Waals surface area contributed by atoms with Crippen LogP contribution in [0.3, 0.4) is 0 Å². The number of hydrogen-bond acceptors (Lipinski definition) is 3. The molecular formula is C22H22F4N2O2. The topological polar surface area (TPSA) is 44.1 Å². The average Bonchev–Trinajstić information content (AvgIpc) is 3.11. The number of imidazole rings is 1. The molecule has 160 valence electrons. The number of aromatic nitrogens is 2. The summed E-state index contributed by atoms with van der Waals surface area (Å²) in [5.74, 6) is -0.390. The number of alkyl halides is 4. The van der Waals surface area contributed by atoms with Crippen LogP contribution in [0.1, 0.15) is 49.4 Å². The Morgan fingerprint density at radius 3 is 2.43 bits per heavy atom. The third kappa shape index (κ3) is 5.81. The summed E-state index contributed by atoms with van der Waals surface area (Å²) in [5, 5.41) is 0. The highest BCUT2D eigenvalue weighted by molar-refractivity contribution is 5.97. The molecule has 0 N–H and O–H groups in total. The first-order chi connectivity index (χ1) is 14.2. The predicted molar refractivity (Wildman–Crippen MR) is 106 cm³/mol. The molecule has 1 saturated carbocycles. The van der Waals surface area contributed by atoms with Crippen LogP contribution in [0.5, 0.6) is 5.75 Å². The summed E-state index contributed by atoms with van der Waals surface area (Å²) in [5.41, 5.74) is 2.26. The molecule has 1 fully saturated rings. The van der Waals surface area contributed by atoms with Crippen LogP contribution in [0.4, 0.5) is 17.6 Å². The normalized spacial score (nSPS) is 14.8. The van der Waals surface area contributed by atoms with Crippen LogP contribution in [0.25, 0.3) is 16.7 Å². The van der Waals surface area contributed by atoms with Crippen LogP contribution in [0.15, 0.2) is 48.8 Å². The third-order valence-corrected chi connectivity index (χ3v) is 4.82. The Balaban J connectivity index is 0.000000310. The van der Waals surface area contributed by atoms with E-state index in [0.717, 1.165) is 25.7 Å². The number of hydrogen-bond donors (Lipinski definition) is 0. The lowest BCUT2D eigenvalue weighted by Gasteiger charge is -2.12. The lowest BCUT2D eigenvalue weighted by atomic mass is 9.99. The summed E-state index contributed by atoms with van der Waals surface area (Å²) in [6.07, 6.45) is 1.39. The van der Waals surface area contributed by atoms with Crippen LogP contribution in [0.2, 0.25) is 0 Å². The van der Waals surface area contributed by atoms with Gasteiger partial charge in [0.25, 0.3) is 0 Å². The standard InChI is InChI=1S/C16H11F3N2O2.C6H11F/c1-10(22)11-5-6-15-14(7-11)20-9-21(15)12-3-2-4-13(8-12)23-16(17,18)19;7-6-4-2-1-3-5-6/h2-9H,1H3;6H,1-5H2. The number of Topliss-reactive ketones (excluding diaryl/α,β-unsaturated/α-hetero) is 1. The van der Waals surface area contributed by atoms with E-state index in [1.54, 1.807) is 28.8 Å². The van der Waals surface area contributed by atoms with Gasteiger partial charge in [0.1, 0.15) is 18.2 Å². The van der Waals surface area contributed by atoms with Crippen molar-refractivity contribution in [3.63, 3.8) is 0 Å². The molecule has 4 nitrogen and oxygen atoms in total. The van der Waals surface area contributed by atoms with Gasteiger partial charge in [0.2, 0.25) is 0 Å². The van der Waals surface area contributed by atoms with Crippen LogP contribution in [-0.2, 0) is 0 Å². The third-order valence-electron chi connectivity index (χ3n) is 4.82. The van der Waals surface area contributed by atoms with E-state index in [9.17, 15) is 22.4 Å². The number of ether oxygens (including phenoxy) is 1. The SMILES string of the molecule is CC(=O)c1ccc2c(c1)ncn2-c1cccc(OC(F)(F)F)c1.FC1CCCCC1. The minimum atomic E-state index is -4.74. The molecule has 2 aromatic carbocycles. The molecule has 1 aromatic heterocycles.